The molecule has 0 spiro atoms. The maximum absolute atomic E-state index is 11.9. The van der Waals surface area contributed by atoms with Gasteiger partial charge in [0.1, 0.15) is 0 Å². The summed E-state index contributed by atoms with van der Waals surface area (Å²) in [6, 6.07) is 0.468. The quantitative estimate of drug-likeness (QED) is 0.512. The van der Waals surface area contributed by atoms with Gasteiger partial charge in [0.05, 0.1) is 13.7 Å². The smallest absolute Gasteiger partial charge is 0.305 e. The van der Waals surface area contributed by atoms with Crippen molar-refractivity contribution in [1.29, 1.82) is 0 Å². The number of ether oxygens (including phenoxy) is 1. The summed E-state index contributed by atoms with van der Waals surface area (Å²) in [5.41, 5.74) is 0. The highest BCUT2D eigenvalue weighted by Crippen LogP contribution is 2.31. The Morgan fingerprint density at radius 3 is 2.90 bits per heavy atom. The lowest BCUT2D eigenvalue weighted by Crippen LogP contribution is -2.41. The normalized spacial score (nSPS) is 29.2. The number of likely N-dealkylation sites (tertiary alicyclic amines) is 1. The predicted molar refractivity (Wildman–Crippen MR) is 75.1 cm³/mol. The molecule has 2 saturated heterocycles. The van der Waals surface area contributed by atoms with Gasteiger partial charge in [-0.25, -0.2) is 0 Å². The van der Waals surface area contributed by atoms with E-state index in [0.717, 1.165) is 19.6 Å². The van der Waals surface area contributed by atoms with Gasteiger partial charge in [0.2, 0.25) is 5.91 Å². The number of carbonyl (C=O) groups excluding carboxylic acids is 2. The minimum atomic E-state index is -0.229. The third-order valence-electron chi connectivity index (χ3n) is 4.51. The second-order valence-electron chi connectivity index (χ2n) is 5.78. The van der Waals surface area contributed by atoms with Crippen molar-refractivity contribution in [3.63, 3.8) is 0 Å². The zero-order chi connectivity index (χ0) is 14.5. The van der Waals surface area contributed by atoms with E-state index in [4.69, 9.17) is 0 Å². The summed E-state index contributed by atoms with van der Waals surface area (Å²) in [5, 5.41) is 6.29. The van der Waals surface area contributed by atoms with Gasteiger partial charge in [-0.2, -0.15) is 0 Å². The van der Waals surface area contributed by atoms with Crippen LogP contribution in [0.15, 0.2) is 0 Å². The van der Waals surface area contributed by atoms with Gasteiger partial charge in [0.15, 0.2) is 0 Å². The van der Waals surface area contributed by atoms with Crippen LogP contribution in [-0.4, -0.2) is 62.7 Å². The van der Waals surface area contributed by atoms with E-state index in [1.54, 1.807) is 0 Å². The first-order valence-electron chi connectivity index (χ1n) is 7.40. The number of carbonyl (C=O) groups is 2. The third kappa shape index (κ3) is 3.70. The van der Waals surface area contributed by atoms with Crippen molar-refractivity contribution in [3.05, 3.63) is 0 Å². The molecule has 6 nitrogen and oxygen atoms in total. The molecule has 114 valence electrons. The lowest BCUT2D eigenvalue weighted by atomic mass is 9.95. The van der Waals surface area contributed by atoms with Gasteiger partial charge >= 0.3 is 5.97 Å². The highest BCUT2D eigenvalue weighted by molar-refractivity contribution is 5.78. The predicted octanol–water partition coefficient (Wildman–Crippen LogP) is -0.404. The van der Waals surface area contributed by atoms with E-state index in [9.17, 15) is 9.59 Å². The van der Waals surface area contributed by atoms with E-state index < -0.39 is 0 Å². The number of methoxy groups -OCH3 is 1. The molecule has 0 bridgehead atoms. The summed E-state index contributed by atoms with van der Waals surface area (Å²) in [6.07, 6.45) is 0.982. The van der Waals surface area contributed by atoms with Crippen molar-refractivity contribution in [3.8, 4) is 0 Å². The van der Waals surface area contributed by atoms with Crippen molar-refractivity contribution in [1.82, 2.24) is 15.5 Å². The lowest BCUT2D eigenvalue weighted by molar-refractivity contribution is -0.140. The molecule has 0 aromatic rings. The lowest BCUT2D eigenvalue weighted by Gasteiger charge is -2.23. The van der Waals surface area contributed by atoms with Gasteiger partial charge < -0.3 is 15.4 Å². The van der Waals surface area contributed by atoms with Crippen LogP contribution in [0.25, 0.3) is 0 Å². The molecular weight excluding hydrogens is 258 g/mol. The number of nitrogens with one attached hydrogen (secondary N) is 2. The Kier molecular flexibility index (Phi) is 5.37. The van der Waals surface area contributed by atoms with Gasteiger partial charge in [-0.3, -0.25) is 14.5 Å². The van der Waals surface area contributed by atoms with Crippen molar-refractivity contribution in [2.45, 2.75) is 25.8 Å². The van der Waals surface area contributed by atoms with Crippen molar-refractivity contribution < 1.29 is 14.3 Å². The topological polar surface area (TPSA) is 70.7 Å². The Morgan fingerprint density at radius 2 is 2.20 bits per heavy atom. The summed E-state index contributed by atoms with van der Waals surface area (Å²) < 4.78 is 4.56. The third-order valence-corrected chi connectivity index (χ3v) is 4.51. The minimum Gasteiger partial charge on any atom is -0.469 e. The number of amides is 1. The summed E-state index contributed by atoms with van der Waals surface area (Å²) in [6.45, 7) is 6.36. The van der Waals surface area contributed by atoms with Crippen molar-refractivity contribution in [2.75, 3.05) is 39.8 Å². The molecule has 6 heteroatoms. The highest BCUT2D eigenvalue weighted by atomic mass is 16.5. The average Bonchev–Trinajstić information content (AvgIpc) is 2.99. The largest absolute Gasteiger partial charge is 0.469 e. The maximum Gasteiger partial charge on any atom is 0.305 e. The van der Waals surface area contributed by atoms with Gasteiger partial charge in [0, 0.05) is 25.6 Å². The number of nitrogens with zero attached hydrogens (tertiary/aromatic N) is 1. The molecular formula is C14H25N3O3. The van der Waals surface area contributed by atoms with E-state index in [-0.39, 0.29) is 11.9 Å². The monoisotopic (exact) mass is 283 g/mol. The van der Waals surface area contributed by atoms with E-state index in [1.165, 1.54) is 7.11 Å². The molecule has 0 saturated carbocycles. The number of esters is 1. The molecule has 1 amide bonds. The summed E-state index contributed by atoms with van der Waals surface area (Å²) in [5.74, 6) is 1.20. The molecule has 20 heavy (non-hydrogen) atoms. The molecule has 0 radical (unpaired) electrons. The first kappa shape index (κ1) is 15.3. The Bertz CT molecular complexity index is 362. The summed E-state index contributed by atoms with van der Waals surface area (Å²) in [7, 11) is 1.38. The molecule has 3 unspecified atom stereocenters. The fourth-order valence-electron chi connectivity index (χ4n) is 3.27. The maximum atomic E-state index is 11.9. The van der Waals surface area contributed by atoms with E-state index >= 15 is 0 Å². The number of hydrogen-bond donors (Lipinski definition) is 2. The van der Waals surface area contributed by atoms with Crippen LogP contribution in [0.5, 0.6) is 0 Å². The fraction of sp³-hybridized carbons (Fsp3) is 0.857. The molecule has 0 aliphatic carbocycles. The molecule has 0 aromatic heterocycles. The van der Waals surface area contributed by atoms with Gasteiger partial charge in [-0.05, 0) is 38.3 Å². The van der Waals surface area contributed by atoms with Crippen LogP contribution in [0, 0.1) is 11.8 Å². The van der Waals surface area contributed by atoms with Crippen molar-refractivity contribution in [2.24, 2.45) is 11.8 Å². The molecule has 0 aromatic carbocycles. The molecule has 2 heterocycles. The fourth-order valence-corrected chi connectivity index (χ4v) is 3.27. The van der Waals surface area contributed by atoms with Gasteiger partial charge in [-0.15, -0.1) is 0 Å². The van der Waals surface area contributed by atoms with Crippen LogP contribution in [0.4, 0.5) is 0 Å². The second kappa shape index (κ2) is 7.04. The zero-order valence-corrected chi connectivity index (χ0v) is 12.4. The van der Waals surface area contributed by atoms with Crippen LogP contribution in [0.2, 0.25) is 0 Å². The first-order chi connectivity index (χ1) is 9.61. The van der Waals surface area contributed by atoms with E-state index in [0.29, 0.717) is 43.8 Å². The first-order valence-corrected chi connectivity index (χ1v) is 7.40. The van der Waals surface area contributed by atoms with Gasteiger partial charge in [0.25, 0.3) is 0 Å². The molecule has 2 rings (SSSR count). The summed E-state index contributed by atoms with van der Waals surface area (Å²) >= 11 is 0. The SMILES string of the molecule is COC(=O)CCCNC(=O)CN1CC2CNCC2C1C. The standard InChI is InChI=1S/C14H25N3O3/c1-10-12-7-15-6-11(12)8-17(10)9-13(18)16-5-3-4-14(19)20-2/h10-12,15H,3-9H2,1-2H3,(H,16,18). The number of fused-ring (bicyclic) bond motifs is 1. The van der Waals surface area contributed by atoms with Crippen LogP contribution < -0.4 is 10.6 Å². The molecule has 3 atom stereocenters. The Labute approximate surface area is 120 Å². The second-order valence-corrected chi connectivity index (χ2v) is 5.78. The Morgan fingerprint density at radius 1 is 1.40 bits per heavy atom. The molecule has 2 N–H and O–H groups in total. The van der Waals surface area contributed by atoms with Crippen LogP contribution in [0.1, 0.15) is 19.8 Å². The minimum absolute atomic E-state index is 0.0506. The molecule has 2 aliphatic heterocycles. The van der Waals surface area contributed by atoms with Crippen LogP contribution in [-0.2, 0) is 14.3 Å². The number of hydrogen-bond acceptors (Lipinski definition) is 5. The summed E-state index contributed by atoms with van der Waals surface area (Å²) in [4.78, 5) is 25.1. The highest BCUT2D eigenvalue weighted by Gasteiger charge is 2.41. The average molecular weight is 283 g/mol. The van der Waals surface area contributed by atoms with Gasteiger partial charge in [-0.1, -0.05) is 0 Å². The zero-order valence-electron chi connectivity index (χ0n) is 12.4. The Balaban J connectivity index is 1.64. The molecule has 2 fully saturated rings. The van der Waals surface area contributed by atoms with Crippen LogP contribution in [0.3, 0.4) is 0 Å². The van der Waals surface area contributed by atoms with Crippen molar-refractivity contribution >= 4 is 11.9 Å². The van der Waals surface area contributed by atoms with Crippen LogP contribution >= 0.6 is 0 Å². The number of rotatable bonds is 6. The Hall–Kier alpha value is -1.14. The van der Waals surface area contributed by atoms with E-state index in [2.05, 4.69) is 27.2 Å². The molecule has 2 aliphatic rings. The van der Waals surface area contributed by atoms with E-state index in [1.807, 2.05) is 0 Å².